The summed E-state index contributed by atoms with van der Waals surface area (Å²) in [7, 11) is 0. The Morgan fingerprint density at radius 2 is 0.900 bits per heavy atom. The van der Waals surface area contributed by atoms with Crippen molar-refractivity contribution >= 4 is 99.5 Å². The van der Waals surface area contributed by atoms with Gasteiger partial charge in [0.1, 0.15) is 11.2 Å². The van der Waals surface area contributed by atoms with E-state index in [1.165, 1.54) is 49.4 Å². The zero-order valence-electron chi connectivity index (χ0n) is 39.1. The monoisotopic (exact) mass is 898 g/mol. The van der Waals surface area contributed by atoms with Crippen LogP contribution in [0.2, 0.25) is 0 Å². The third kappa shape index (κ3) is 5.90. The van der Waals surface area contributed by atoms with E-state index in [2.05, 4.69) is 243 Å². The first-order valence-corrected chi connectivity index (χ1v) is 24.2. The van der Waals surface area contributed by atoms with Crippen LogP contribution < -0.4 is 9.80 Å². The molecule has 2 heterocycles. The highest BCUT2D eigenvalue weighted by atomic mass is 16.3. The maximum absolute atomic E-state index is 6.80. The molecule has 4 nitrogen and oxygen atoms in total. The van der Waals surface area contributed by atoms with E-state index in [9.17, 15) is 0 Å². The number of aryl methyl sites for hydroxylation is 1. The number of benzene rings is 11. The van der Waals surface area contributed by atoms with Crippen LogP contribution in [0.4, 0.5) is 34.1 Å². The summed E-state index contributed by atoms with van der Waals surface area (Å²) < 4.78 is 13.5. The van der Waals surface area contributed by atoms with Gasteiger partial charge in [0.15, 0.2) is 11.2 Å². The van der Waals surface area contributed by atoms with Gasteiger partial charge in [-0.2, -0.15) is 0 Å². The number of nitrogens with zero attached hydrogens (tertiary/aromatic N) is 2. The summed E-state index contributed by atoms with van der Waals surface area (Å²) in [6.07, 6.45) is 0. The van der Waals surface area contributed by atoms with Crippen molar-refractivity contribution in [2.24, 2.45) is 0 Å². The lowest BCUT2D eigenvalue weighted by molar-refractivity contribution is 0.645. The molecule has 0 atom stereocenters. The number of rotatable bonds is 7. The molecule has 0 aliphatic heterocycles. The summed E-state index contributed by atoms with van der Waals surface area (Å²) in [6.45, 7) is 7.12. The second kappa shape index (κ2) is 15.3. The number of furan rings is 2. The minimum absolute atomic E-state index is 0.349. The topological polar surface area (TPSA) is 32.8 Å². The fraction of sp³-hybridized carbons (Fsp3) is 0.0606. The van der Waals surface area contributed by atoms with E-state index < -0.39 is 0 Å². The fourth-order valence-electron chi connectivity index (χ4n) is 11.8. The van der Waals surface area contributed by atoms with Gasteiger partial charge in [-0.1, -0.05) is 172 Å². The summed E-state index contributed by atoms with van der Waals surface area (Å²) in [5, 5.41) is 9.46. The number of hydrogen-bond donors (Lipinski definition) is 0. The van der Waals surface area contributed by atoms with Crippen LogP contribution in [0, 0.1) is 6.92 Å². The van der Waals surface area contributed by atoms with Crippen molar-refractivity contribution in [3.05, 3.63) is 241 Å². The highest BCUT2D eigenvalue weighted by Crippen LogP contribution is 2.55. The second-order valence-electron chi connectivity index (χ2n) is 19.2. The van der Waals surface area contributed by atoms with Crippen LogP contribution in [-0.2, 0) is 5.41 Å². The molecule has 0 bridgehead atoms. The Morgan fingerprint density at radius 3 is 1.61 bits per heavy atom. The minimum atomic E-state index is -0.349. The average molecular weight is 899 g/mol. The molecule has 0 radical (unpaired) electrons. The zero-order chi connectivity index (χ0) is 46.7. The molecule has 0 spiro atoms. The van der Waals surface area contributed by atoms with E-state index in [-0.39, 0.29) is 5.41 Å². The summed E-state index contributed by atoms with van der Waals surface area (Å²) in [4.78, 5) is 4.77. The van der Waals surface area contributed by atoms with Crippen LogP contribution in [0.1, 0.15) is 30.5 Å². The van der Waals surface area contributed by atoms with Crippen LogP contribution in [0.25, 0.3) is 87.7 Å². The van der Waals surface area contributed by atoms with Gasteiger partial charge < -0.3 is 18.6 Å². The SMILES string of the molecule is Cc1c2c3c(cccc3c3cc(N(c4ccccc4)c4cccc5c4oc4ccccc45)ccc13)C(C)(C)c1cc(N(c3ccccc3-c3ccccc3)c3cccc4c3oc3ccccc34)ccc1-2. The molecule has 0 saturated carbocycles. The molecule has 1 aliphatic carbocycles. The molecule has 14 rings (SSSR count). The molecule has 13 aromatic rings. The van der Waals surface area contributed by atoms with E-state index in [1.54, 1.807) is 0 Å². The molecule has 0 N–H and O–H groups in total. The van der Waals surface area contributed by atoms with Gasteiger partial charge in [0.05, 0.1) is 17.1 Å². The van der Waals surface area contributed by atoms with Gasteiger partial charge >= 0.3 is 0 Å². The molecule has 11 aromatic carbocycles. The molecule has 0 unspecified atom stereocenters. The van der Waals surface area contributed by atoms with Gasteiger partial charge in [0, 0.05) is 49.6 Å². The highest BCUT2D eigenvalue weighted by Gasteiger charge is 2.36. The Morgan fingerprint density at radius 1 is 0.357 bits per heavy atom. The fourth-order valence-corrected chi connectivity index (χ4v) is 11.8. The lowest BCUT2D eigenvalue weighted by Gasteiger charge is -2.38. The standard InChI is InChI=1S/C66H46N2O2/c1-41-46-37-35-44(67(43-21-8-5-9-22-43)58-31-17-27-51-48-24-11-14-33-60(48)69-64(51)58)39-54(46)50-26-16-29-55-63(50)62(41)53-38-36-45(40-56(53)66(55,2)3)68(57-30-13-10-23-47(57)42-19-6-4-7-20-42)59-32-18-28-52-49-25-12-15-34-61(49)70-65(52)59/h4-40H,1-3H3. The molecular weight excluding hydrogens is 853 g/mol. The molecule has 70 heavy (non-hydrogen) atoms. The Kier molecular flexibility index (Phi) is 8.81. The third-order valence-corrected chi connectivity index (χ3v) is 15.0. The van der Waals surface area contributed by atoms with E-state index in [0.717, 1.165) is 89.1 Å². The first-order chi connectivity index (χ1) is 34.4. The van der Waals surface area contributed by atoms with E-state index in [4.69, 9.17) is 8.83 Å². The molecule has 2 aromatic heterocycles. The molecule has 1 aliphatic rings. The molecule has 0 fully saturated rings. The van der Waals surface area contributed by atoms with Gasteiger partial charge in [-0.25, -0.2) is 0 Å². The largest absolute Gasteiger partial charge is 0.454 e. The predicted molar refractivity (Wildman–Crippen MR) is 293 cm³/mol. The van der Waals surface area contributed by atoms with Crippen molar-refractivity contribution in [3.63, 3.8) is 0 Å². The van der Waals surface area contributed by atoms with Gasteiger partial charge in [-0.05, 0) is 129 Å². The van der Waals surface area contributed by atoms with E-state index in [1.807, 2.05) is 12.1 Å². The maximum Gasteiger partial charge on any atom is 0.159 e. The van der Waals surface area contributed by atoms with Crippen molar-refractivity contribution in [1.82, 2.24) is 0 Å². The summed E-state index contributed by atoms with van der Waals surface area (Å²) in [6, 6.07) is 80.9. The quantitative estimate of drug-likeness (QED) is 0.149. The molecule has 332 valence electrons. The number of fused-ring (bicyclic) bond motifs is 10. The summed E-state index contributed by atoms with van der Waals surface area (Å²) >= 11 is 0. The van der Waals surface area contributed by atoms with Crippen molar-refractivity contribution in [1.29, 1.82) is 0 Å². The van der Waals surface area contributed by atoms with Crippen LogP contribution in [-0.4, -0.2) is 0 Å². The third-order valence-electron chi connectivity index (χ3n) is 15.0. The molecular formula is C66H46N2O2. The number of hydrogen-bond acceptors (Lipinski definition) is 4. The molecule has 4 heteroatoms. The Labute approximate surface area is 405 Å². The normalized spacial score (nSPS) is 12.9. The van der Waals surface area contributed by atoms with Crippen LogP contribution >= 0.6 is 0 Å². The lowest BCUT2D eigenvalue weighted by atomic mass is 9.67. The number of anilines is 6. The van der Waals surface area contributed by atoms with Gasteiger partial charge in [0.25, 0.3) is 0 Å². The van der Waals surface area contributed by atoms with Crippen molar-refractivity contribution < 1.29 is 8.83 Å². The number of para-hydroxylation sites is 6. The van der Waals surface area contributed by atoms with Crippen molar-refractivity contribution in [3.8, 4) is 22.3 Å². The second-order valence-corrected chi connectivity index (χ2v) is 19.2. The smallest absolute Gasteiger partial charge is 0.159 e. The first kappa shape index (κ1) is 40.2. The Hall–Kier alpha value is -8.86. The van der Waals surface area contributed by atoms with Crippen LogP contribution in [0.5, 0.6) is 0 Å². The molecule has 0 amide bonds. The highest BCUT2D eigenvalue weighted by molar-refractivity contribution is 6.20. The predicted octanol–water partition coefficient (Wildman–Crippen LogP) is 19.0. The van der Waals surface area contributed by atoms with Gasteiger partial charge in [0.2, 0.25) is 0 Å². The van der Waals surface area contributed by atoms with Crippen LogP contribution in [0.15, 0.2) is 233 Å². The Bertz CT molecular complexity index is 4240. The van der Waals surface area contributed by atoms with Crippen molar-refractivity contribution in [2.75, 3.05) is 9.80 Å². The minimum Gasteiger partial charge on any atom is -0.454 e. The van der Waals surface area contributed by atoms with Crippen LogP contribution in [0.3, 0.4) is 0 Å². The van der Waals surface area contributed by atoms with Gasteiger partial charge in [-0.3, -0.25) is 0 Å². The summed E-state index contributed by atoms with van der Waals surface area (Å²) in [5.41, 5.74) is 18.2. The van der Waals surface area contributed by atoms with Gasteiger partial charge in [-0.15, -0.1) is 0 Å². The summed E-state index contributed by atoms with van der Waals surface area (Å²) in [5.74, 6) is 0. The van der Waals surface area contributed by atoms with Crippen molar-refractivity contribution in [2.45, 2.75) is 26.2 Å². The maximum atomic E-state index is 6.80. The first-order valence-electron chi connectivity index (χ1n) is 24.2. The average Bonchev–Trinajstić information content (AvgIpc) is 3.99. The van der Waals surface area contributed by atoms with E-state index >= 15 is 0 Å². The molecule has 0 saturated heterocycles. The zero-order valence-corrected chi connectivity index (χ0v) is 39.1. The lowest BCUT2D eigenvalue weighted by Crippen LogP contribution is -2.25. The Balaban J connectivity index is 0.980. The van der Waals surface area contributed by atoms with E-state index in [0.29, 0.717) is 0 Å².